The summed E-state index contributed by atoms with van der Waals surface area (Å²) in [5.41, 5.74) is 3.41. The third-order valence-corrected chi connectivity index (χ3v) is 6.06. The van der Waals surface area contributed by atoms with Gasteiger partial charge in [-0.05, 0) is 43.5 Å². The summed E-state index contributed by atoms with van der Waals surface area (Å²) in [5, 5.41) is 2.90. The van der Waals surface area contributed by atoms with E-state index in [1.165, 1.54) is 11.1 Å². The molecule has 4 nitrogen and oxygen atoms in total. The molecule has 0 bridgehead atoms. The van der Waals surface area contributed by atoms with Crippen LogP contribution in [0.15, 0.2) is 53.0 Å². The van der Waals surface area contributed by atoms with E-state index in [2.05, 4.69) is 52.4 Å². The zero-order chi connectivity index (χ0) is 21.2. The fourth-order valence-corrected chi connectivity index (χ4v) is 4.15. The number of benzene rings is 2. The van der Waals surface area contributed by atoms with Crippen molar-refractivity contribution >= 4 is 39.5 Å². The first-order valence-corrected chi connectivity index (χ1v) is 11.8. The molecule has 2 rings (SSSR count). The molecule has 2 amide bonds. The predicted molar refractivity (Wildman–Crippen MR) is 125 cm³/mol. The van der Waals surface area contributed by atoms with Crippen LogP contribution in [0, 0.1) is 6.92 Å². The molecule has 29 heavy (non-hydrogen) atoms. The lowest BCUT2D eigenvalue weighted by Gasteiger charge is -2.29. The molecule has 0 saturated carbocycles. The second-order valence-corrected chi connectivity index (χ2v) is 9.00. The van der Waals surface area contributed by atoms with Crippen LogP contribution in [-0.2, 0) is 21.9 Å². The van der Waals surface area contributed by atoms with E-state index in [0.29, 0.717) is 18.8 Å². The summed E-state index contributed by atoms with van der Waals surface area (Å²) in [6.45, 7) is 6.89. The van der Waals surface area contributed by atoms with E-state index in [-0.39, 0.29) is 11.8 Å². The molecule has 0 radical (unpaired) electrons. The molecule has 1 N–H and O–H groups in total. The van der Waals surface area contributed by atoms with Gasteiger partial charge in [0.2, 0.25) is 11.8 Å². The highest BCUT2D eigenvalue weighted by Crippen LogP contribution is 2.18. The van der Waals surface area contributed by atoms with E-state index in [1.54, 1.807) is 23.6 Å². The van der Waals surface area contributed by atoms with Crippen molar-refractivity contribution in [1.82, 2.24) is 10.2 Å². The van der Waals surface area contributed by atoms with E-state index in [4.69, 9.17) is 0 Å². The van der Waals surface area contributed by atoms with Crippen LogP contribution in [-0.4, -0.2) is 35.1 Å². The Morgan fingerprint density at radius 3 is 2.52 bits per heavy atom. The molecule has 0 aliphatic carbocycles. The van der Waals surface area contributed by atoms with Crippen molar-refractivity contribution in [3.63, 3.8) is 0 Å². The van der Waals surface area contributed by atoms with Gasteiger partial charge in [0.1, 0.15) is 6.04 Å². The zero-order valence-electron chi connectivity index (χ0n) is 17.3. The van der Waals surface area contributed by atoms with Crippen LogP contribution in [0.4, 0.5) is 0 Å². The molecule has 2 aromatic carbocycles. The van der Waals surface area contributed by atoms with Crippen LogP contribution in [0.5, 0.6) is 0 Å². The second-order valence-electron chi connectivity index (χ2n) is 7.10. The van der Waals surface area contributed by atoms with E-state index >= 15 is 0 Å². The Balaban J connectivity index is 2.04. The Labute approximate surface area is 186 Å². The third kappa shape index (κ3) is 7.86. The molecule has 1 atom stereocenters. The monoisotopic (exact) mass is 476 g/mol. The van der Waals surface area contributed by atoms with Crippen molar-refractivity contribution < 1.29 is 9.59 Å². The lowest BCUT2D eigenvalue weighted by Crippen LogP contribution is -2.48. The molecule has 0 heterocycles. The van der Waals surface area contributed by atoms with Gasteiger partial charge in [0.05, 0.1) is 5.75 Å². The van der Waals surface area contributed by atoms with Crippen molar-refractivity contribution in [3.8, 4) is 0 Å². The number of nitrogens with zero attached hydrogens (tertiary/aromatic N) is 1. The number of carbonyl (C=O) groups is 2. The standard InChI is InChI=1S/C23H29BrN2O2S/c1-4-12-25-23(28)18(3)26(14-20-6-5-7-21(24)13-20)22(27)16-29-15-19-10-8-17(2)9-11-19/h5-11,13,18H,4,12,14-16H2,1-3H3,(H,25,28). The van der Waals surface area contributed by atoms with E-state index in [1.807, 2.05) is 31.2 Å². The molecule has 1 unspecified atom stereocenters. The largest absolute Gasteiger partial charge is 0.354 e. The Morgan fingerprint density at radius 2 is 1.86 bits per heavy atom. The fraction of sp³-hybridized carbons (Fsp3) is 0.391. The Hall–Kier alpha value is -1.79. The van der Waals surface area contributed by atoms with Crippen molar-refractivity contribution in [1.29, 1.82) is 0 Å². The number of carbonyl (C=O) groups excluding carboxylic acids is 2. The van der Waals surface area contributed by atoms with Crippen molar-refractivity contribution in [2.45, 2.75) is 45.5 Å². The fourth-order valence-electron chi connectivity index (χ4n) is 2.83. The van der Waals surface area contributed by atoms with Crippen molar-refractivity contribution in [3.05, 3.63) is 69.7 Å². The lowest BCUT2D eigenvalue weighted by atomic mass is 10.1. The van der Waals surface area contributed by atoms with Crippen LogP contribution in [0.3, 0.4) is 0 Å². The van der Waals surface area contributed by atoms with Gasteiger partial charge < -0.3 is 10.2 Å². The number of amides is 2. The quantitative estimate of drug-likeness (QED) is 0.528. The van der Waals surface area contributed by atoms with Gasteiger partial charge in [-0.2, -0.15) is 0 Å². The van der Waals surface area contributed by atoms with Crippen molar-refractivity contribution in [2.75, 3.05) is 12.3 Å². The minimum Gasteiger partial charge on any atom is -0.354 e. The number of hydrogen-bond donors (Lipinski definition) is 1. The van der Waals surface area contributed by atoms with E-state index in [9.17, 15) is 9.59 Å². The molecule has 0 spiro atoms. The van der Waals surface area contributed by atoms with Crippen LogP contribution >= 0.6 is 27.7 Å². The second kappa shape index (κ2) is 12.0. The summed E-state index contributed by atoms with van der Waals surface area (Å²) in [6, 6.07) is 15.7. The summed E-state index contributed by atoms with van der Waals surface area (Å²) < 4.78 is 0.958. The molecular weight excluding hydrogens is 448 g/mol. The highest BCUT2D eigenvalue weighted by molar-refractivity contribution is 9.10. The number of hydrogen-bond acceptors (Lipinski definition) is 3. The van der Waals surface area contributed by atoms with E-state index < -0.39 is 6.04 Å². The van der Waals surface area contributed by atoms with Gasteiger partial charge in [0.15, 0.2) is 0 Å². The molecule has 0 saturated heterocycles. The lowest BCUT2D eigenvalue weighted by molar-refractivity contribution is -0.138. The number of rotatable bonds is 10. The molecule has 6 heteroatoms. The molecule has 0 aliphatic rings. The average Bonchev–Trinajstić information content (AvgIpc) is 2.71. The van der Waals surface area contributed by atoms with Crippen LogP contribution in [0.1, 0.15) is 37.0 Å². The van der Waals surface area contributed by atoms with Gasteiger partial charge in [0.25, 0.3) is 0 Å². The molecule has 2 aromatic rings. The van der Waals surface area contributed by atoms with Gasteiger partial charge in [0, 0.05) is 23.3 Å². The van der Waals surface area contributed by atoms with Crippen LogP contribution in [0.2, 0.25) is 0 Å². The molecule has 0 fully saturated rings. The van der Waals surface area contributed by atoms with Crippen LogP contribution in [0.25, 0.3) is 0 Å². The minimum atomic E-state index is -0.520. The Bertz CT molecular complexity index is 811. The third-order valence-electron chi connectivity index (χ3n) is 4.57. The number of nitrogens with one attached hydrogen (secondary N) is 1. The molecule has 0 aromatic heterocycles. The van der Waals surface area contributed by atoms with E-state index in [0.717, 1.165) is 22.2 Å². The van der Waals surface area contributed by atoms with Crippen molar-refractivity contribution in [2.24, 2.45) is 0 Å². The zero-order valence-corrected chi connectivity index (χ0v) is 19.7. The smallest absolute Gasteiger partial charge is 0.242 e. The normalized spacial score (nSPS) is 11.7. The highest BCUT2D eigenvalue weighted by Gasteiger charge is 2.25. The first kappa shape index (κ1) is 23.5. The van der Waals surface area contributed by atoms with Gasteiger partial charge in [-0.1, -0.05) is 64.8 Å². The minimum absolute atomic E-state index is 0.0266. The number of halogens is 1. The van der Waals surface area contributed by atoms with Gasteiger partial charge >= 0.3 is 0 Å². The molecule has 0 aliphatic heterocycles. The van der Waals surface area contributed by atoms with Gasteiger partial charge in [-0.25, -0.2) is 0 Å². The number of aryl methyl sites for hydroxylation is 1. The topological polar surface area (TPSA) is 49.4 Å². The number of thioether (sulfide) groups is 1. The van der Waals surface area contributed by atoms with Crippen LogP contribution < -0.4 is 5.32 Å². The summed E-state index contributed by atoms with van der Waals surface area (Å²) in [4.78, 5) is 27.2. The average molecular weight is 477 g/mol. The summed E-state index contributed by atoms with van der Waals surface area (Å²) in [6.07, 6.45) is 0.866. The maximum absolute atomic E-state index is 13.0. The first-order valence-electron chi connectivity index (χ1n) is 9.85. The summed E-state index contributed by atoms with van der Waals surface area (Å²) in [5.74, 6) is 0.973. The summed E-state index contributed by atoms with van der Waals surface area (Å²) in [7, 11) is 0. The molecular formula is C23H29BrN2O2S. The maximum Gasteiger partial charge on any atom is 0.242 e. The first-order chi connectivity index (χ1) is 13.9. The highest BCUT2D eigenvalue weighted by atomic mass is 79.9. The Morgan fingerprint density at radius 1 is 1.14 bits per heavy atom. The predicted octanol–water partition coefficient (Wildman–Crippen LogP) is 4.93. The maximum atomic E-state index is 13.0. The van der Waals surface area contributed by atoms with Gasteiger partial charge in [-0.15, -0.1) is 11.8 Å². The van der Waals surface area contributed by atoms with Gasteiger partial charge in [-0.3, -0.25) is 9.59 Å². The molecule has 156 valence electrons. The summed E-state index contributed by atoms with van der Waals surface area (Å²) >= 11 is 5.05. The Kier molecular flexibility index (Phi) is 9.74. The SMILES string of the molecule is CCCNC(=O)C(C)N(Cc1cccc(Br)c1)C(=O)CSCc1ccc(C)cc1.